The molecule has 9 heteroatoms. The first-order valence-electron chi connectivity index (χ1n) is 12.8. The minimum Gasteiger partial charge on any atom is -0.357 e. The number of hydrogen-bond acceptors (Lipinski definition) is 6. The van der Waals surface area contributed by atoms with Crippen molar-refractivity contribution in [2.45, 2.75) is 27.7 Å². The van der Waals surface area contributed by atoms with Crippen molar-refractivity contribution in [1.29, 1.82) is 0 Å². The molecule has 202 valence electrons. The highest BCUT2D eigenvalue weighted by Gasteiger charge is 2.15. The van der Waals surface area contributed by atoms with Crippen molar-refractivity contribution < 1.29 is 9.59 Å². The standard InChI is InChI=1S/C30H33ClN6O2/c1-6-37(17-31)16-28(38)35-27-14-24(11-19(3)20(27)4)34-29(39)22-8-7-18(2)25(13-22)21-9-10-26-23(12-21)15-33-30(32-5)36-26/h7-15H,6,16-17H2,1-5H3,(H,34,39)(H,35,38)(H,32,33,36). The molecule has 1 aromatic heterocycles. The molecule has 0 fully saturated rings. The summed E-state index contributed by atoms with van der Waals surface area (Å²) < 4.78 is 0. The van der Waals surface area contributed by atoms with Crippen LogP contribution in [0, 0.1) is 20.8 Å². The molecule has 0 spiro atoms. The number of carbonyl (C=O) groups is 2. The molecular weight excluding hydrogens is 512 g/mol. The Kier molecular flexibility index (Phi) is 8.79. The summed E-state index contributed by atoms with van der Waals surface area (Å²) in [6, 6.07) is 15.6. The highest BCUT2D eigenvalue weighted by molar-refractivity contribution is 6.17. The van der Waals surface area contributed by atoms with Gasteiger partial charge in [0, 0.05) is 35.6 Å². The third-order valence-corrected chi connectivity index (χ3v) is 7.14. The smallest absolute Gasteiger partial charge is 0.255 e. The Hall–Kier alpha value is -4.01. The van der Waals surface area contributed by atoms with Gasteiger partial charge in [0.1, 0.15) is 0 Å². The first-order valence-corrected chi connectivity index (χ1v) is 13.3. The number of aromatic nitrogens is 2. The summed E-state index contributed by atoms with van der Waals surface area (Å²) in [4.78, 5) is 36.5. The van der Waals surface area contributed by atoms with Crippen LogP contribution in [0.5, 0.6) is 0 Å². The lowest BCUT2D eigenvalue weighted by Crippen LogP contribution is -2.32. The van der Waals surface area contributed by atoms with Gasteiger partial charge < -0.3 is 16.0 Å². The van der Waals surface area contributed by atoms with Crippen molar-refractivity contribution in [3.05, 3.63) is 77.0 Å². The van der Waals surface area contributed by atoms with Gasteiger partial charge in [-0.3, -0.25) is 14.5 Å². The molecule has 2 amide bonds. The molecule has 0 aliphatic heterocycles. The van der Waals surface area contributed by atoms with Gasteiger partial charge in [0.2, 0.25) is 11.9 Å². The van der Waals surface area contributed by atoms with Gasteiger partial charge in [-0.2, -0.15) is 0 Å². The van der Waals surface area contributed by atoms with E-state index in [0.717, 1.165) is 38.7 Å². The van der Waals surface area contributed by atoms with E-state index in [2.05, 4.69) is 25.9 Å². The number of benzene rings is 3. The largest absolute Gasteiger partial charge is 0.357 e. The van der Waals surface area contributed by atoms with Crippen LogP contribution >= 0.6 is 11.6 Å². The van der Waals surface area contributed by atoms with Gasteiger partial charge in [0.15, 0.2) is 0 Å². The number of amides is 2. The summed E-state index contributed by atoms with van der Waals surface area (Å²) in [5.41, 5.74) is 7.51. The fourth-order valence-corrected chi connectivity index (χ4v) is 4.55. The van der Waals surface area contributed by atoms with Crippen LogP contribution in [-0.4, -0.2) is 52.8 Å². The Balaban J connectivity index is 1.57. The van der Waals surface area contributed by atoms with Gasteiger partial charge in [0.05, 0.1) is 18.1 Å². The molecular formula is C30H33ClN6O2. The van der Waals surface area contributed by atoms with E-state index in [-0.39, 0.29) is 24.4 Å². The molecule has 0 atom stereocenters. The number of carbonyl (C=O) groups excluding carboxylic acids is 2. The van der Waals surface area contributed by atoms with E-state index in [1.807, 2.05) is 75.1 Å². The lowest BCUT2D eigenvalue weighted by Gasteiger charge is -2.18. The molecule has 3 N–H and O–H groups in total. The molecule has 8 nitrogen and oxygen atoms in total. The second-order valence-corrected chi connectivity index (χ2v) is 9.72. The zero-order valence-corrected chi connectivity index (χ0v) is 23.6. The van der Waals surface area contributed by atoms with Crippen LogP contribution in [0.25, 0.3) is 22.0 Å². The molecule has 1 heterocycles. The number of aryl methyl sites for hydroxylation is 2. The van der Waals surface area contributed by atoms with E-state index in [4.69, 9.17) is 11.6 Å². The fourth-order valence-electron chi connectivity index (χ4n) is 4.29. The number of likely N-dealkylation sites (N-methyl/N-ethyl adjacent to an activating group) is 1. The third-order valence-electron chi connectivity index (χ3n) is 6.80. The zero-order chi connectivity index (χ0) is 28.1. The van der Waals surface area contributed by atoms with E-state index in [0.29, 0.717) is 29.4 Å². The monoisotopic (exact) mass is 544 g/mol. The molecule has 3 aromatic carbocycles. The van der Waals surface area contributed by atoms with Crippen molar-refractivity contribution >= 4 is 51.6 Å². The topological polar surface area (TPSA) is 99.3 Å². The SMILES string of the molecule is CCN(CCl)CC(=O)Nc1cc(NC(=O)c2ccc(C)c(-c3ccc4nc(NC)ncc4c3)c2)cc(C)c1C. The third kappa shape index (κ3) is 6.53. The molecule has 4 rings (SSSR count). The van der Waals surface area contributed by atoms with E-state index in [1.54, 1.807) is 19.3 Å². The minimum atomic E-state index is -0.237. The van der Waals surface area contributed by atoms with Gasteiger partial charge in [-0.1, -0.05) is 19.1 Å². The molecule has 0 saturated carbocycles. The Morgan fingerprint density at radius 1 is 0.974 bits per heavy atom. The van der Waals surface area contributed by atoms with Crippen molar-refractivity contribution in [2.24, 2.45) is 0 Å². The molecule has 0 unspecified atom stereocenters. The number of hydrogen-bond donors (Lipinski definition) is 3. The summed E-state index contributed by atoms with van der Waals surface area (Å²) in [5, 5.41) is 9.82. The average Bonchev–Trinajstić information content (AvgIpc) is 2.93. The van der Waals surface area contributed by atoms with Crippen molar-refractivity contribution in [1.82, 2.24) is 14.9 Å². The van der Waals surface area contributed by atoms with Crippen LogP contribution < -0.4 is 16.0 Å². The minimum absolute atomic E-state index is 0.158. The number of anilines is 3. The normalized spacial score (nSPS) is 11.1. The zero-order valence-electron chi connectivity index (χ0n) is 22.9. The van der Waals surface area contributed by atoms with Crippen molar-refractivity contribution in [3.63, 3.8) is 0 Å². The second-order valence-electron chi connectivity index (χ2n) is 9.48. The van der Waals surface area contributed by atoms with Gasteiger partial charge in [-0.05, 0) is 91.5 Å². The number of halogens is 1. The quantitative estimate of drug-likeness (QED) is 0.177. The maximum absolute atomic E-state index is 13.3. The molecule has 0 saturated heterocycles. The number of nitrogens with one attached hydrogen (secondary N) is 3. The summed E-state index contributed by atoms with van der Waals surface area (Å²) in [7, 11) is 1.79. The number of rotatable bonds is 9. The lowest BCUT2D eigenvalue weighted by atomic mass is 9.97. The van der Waals surface area contributed by atoms with E-state index >= 15 is 0 Å². The van der Waals surface area contributed by atoms with Gasteiger partial charge in [-0.15, -0.1) is 11.6 Å². The molecule has 0 aliphatic carbocycles. The highest BCUT2D eigenvalue weighted by Crippen LogP contribution is 2.29. The number of nitrogens with zero attached hydrogens (tertiary/aromatic N) is 3. The fraction of sp³-hybridized carbons (Fsp3) is 0.267. The Morgan fingerprint density at radius 3 is 2.49 bits per heavy atom. The molecule has 0 radical (unpaired) electrons. The summed E-state index contributed by atoms with van der Waals surface area (Å²) in [5.74, 6) is 0.172. The van der Waals surface area contributed by atoms with Crippen LogP contribution in [0.2, 0.25) is 0 Å². The molecule has 0 bridgehead atoms. The van der Waals surface area contributed by atoms with Crippen LogP contribution in [0.3, 0.4) is 0 Å². The summed E-state index contributed by atoms with van der Waals surface area (Å²) in [6.45, 7) is 8.73. The maximum Gasteiger partial charge on any atom is 0.255 e. The van der Waals surface area contributed by atoms with Crippen LogP contribution in [-0.2, 0) is 4.79 Å². The van der Waals surface area contributed by atoms with Crippen LogP contribution in [0.4, 0.5) is 17.3 Å². The highest BCUT2D eigenvalue weighted by atomic mass is 35.5. The van der Waals surface area contributed by atoms with Crippen LogP contribution in [0.15, 0.2) is 54.7 Å². The number of alkyl halides is 1. The van der Waals surface area contributed by atoms with Gasteiger partial charge >= 0.3 is 0 Å². The molecule has 39 heavy (non-hydrogen) atoms. The Bertz CT molecular complexity index is 1530. The first-order chi connectivity index (χ1) is 18.7. The van der Waals surface area contributed by atoms with Crippen molar-refractivity contribution in [2.75, 3.05) is 42.1 Å². The Labute approximate surface area is 233 Å². The van der Waals surface area contributed by atoms with Crippen molar-refractivity contribution in [3.8, 4) is 11.1 Å². The van der Waals surface area contributed by atoms with Gasteiger partial charge in [0.25, 0.3) is 5.91 Å². The van der Waals surface area contributed by atoms with Gasteiger partial charge in [-0.25, -0.2) is 9.97 Å². The molecule has 4 aromatic rings. The van der Waals surface area contributed by atoms with E-state index in [1.165, 1.54) is 0 Å². The molecule has 0 aliphatic rings. The predicted molar refractivity (Wildman–Crippen MR) is 160 cm³/mol. The lowest BCUT2D eigenvalue weighted by molar-refractivity contribution is -0.117. The Morgan fingerprint density at radius 2 is 1.77 bits per heavy atom. The predicted octanol–water partition coefficient (Wildman–Crippen LogP) is 5.97. The first kappa shape index (κ1) is 28.0. The van der Waals surface area contributed by atoms with E-state index in [9.17, 15) is 9.59 Å². The van der Waals surface area contributed by atoms with E-state index < -0.39 is 0 Å². The van der Waals surface area contributed by atoms with Crippen LogP contribution in [0.1, 0.15) is 34.0 Å². The summed E-state index contributed by atoms with van der Waals surface area (Å²) >= 11 is 5.90. The number of fused-ring (bicyclic) bond motifs is 1. The average molecular weight is 545 g/mol. The maximum atomic E-state index is 13.3. The second kappa shape index (κ2) is 12.2. The summed E-state index contributed by atoms with van der Waals surface area (Å²) in [6.07, 6.45) is 1.79.